The molecular formula is C21H25N3O3. The number of rotatable bonds is 3. The van der Waals surface area contributed by atoms with Crippen LogP contribution in [0.2, 0.25) is 0 Å². The Kier molecular flexibility index (Phi) is 4.04. The van der Waals surface area contributed by atoms with E-state index in [1.165, 1.54) is 4.90 Å². The smallest absolute Gasteiger partial charge is 0.237 e. The van der Waals surface area contributed by atoms with Gasteiger partial charge in [-0.15, -0.1) is 0 Å². The van der Waals surface area contributed by atoms with Gasteiger partial charge < -0.3 is 4.42 Å². The number of amides is 2. The minimum absolute atomic E-state index is 0.0166. The van der Waals surface area contributed by atoms with Crippen LogP contribution in [0.1, 0.15) is 56.8 Å². The number of fused-ring (bicyclic) bond motifs is 1. The molecule has 142 valence electrons. The molecule has 0 N–H and O–H groups in total. The van der Waals surface area contributed by atoms with E-state index in [-0.39, 0.29) is 17.2 Å². The molecule has 3 heterocycles. The van der Waals surface area contributed by atoms with Crippen LogP contribution in [0.3, 0.4) is 0 Å². The van der Waals surface area contributed by atoms with Gasteiger partial charge in [-0.3, -0.25) is 19.4 Å². The zero-order chi connectivity index (χ0) is 18.4. The number of nitrogens with zero attached hydrogens (tertiary/aromatic N) is 3. The summed E-state index contributed by atoms with van der Waals surface area (Å²) in [7, 11) is 0. The second-order valence-electron chi connectivity index (χ2n) is 8.34. The van der Waals surface area contributed by atoms with Crippen LogP contribution in [0.5, 0.6) is 0 Å². The molecule has 0 atom stereocenters. The van der Waals surface area contributed by atoms with Gasteiger partial charge in [-0.1, -0.05) is 25.0 Å². The lowest BCUT2D eigenvalue weighted by atomic mass is 9.85. The van der Waals surface area contributed by atoms with E-state index in [0.717, 1.165) is 68.6 Å². The van der Waals surface area contributed by atoms with Crippen molar-refractivity contribution >= 4 is 22.9 Å². The molecule has 1 aromatic heterocycles. The van der Waals surface area contributed by atoms with Crippen molar-refractivity contribution in [2.75, 3.05) is 19.8 Å². The predicted molar refractivity (Wildman–Crippen MR) is 99.8 cm³/mol. The minimum atomic E-state index is -0.367. The van der Waals surface area contributed by atoms with Crippen LogP contribution in [0.4, 0.5) is 0 Å². The fraction of sp³-hybridized carbons (Fsp3) is 0.571. The van der Waals surface area contributed by atoms with Crippen LogP contribution in [-0.4, -0.2) is 46.4 Å². The third-order valence-corrected chi connectivity index (χ3v) is 6.64. The average Bonchev–Trinajstić information content (AvgIpc) is 3.38. The topological polar surface area (TPSA) is 66.7 Å². The van der Waals surface area contributed by atoms with E-state index in [0.29, 0.717) is 19.0 Å². The third kappa shape index (κ3) is 2.87. The Morgan fingerprint density at radius 1 is 1.11 bits per heavy atom. The summed E-state index contributed by atoms with van der Waals surface area (Å²) in [6.45, 7) is 2.15. The first kappa shape index (κ1) is 16.9. The lowest BCUT2D eigenvalue weighted by Gasteiger charge is -2.33. The van der Waals surface area contributed by atoms with Crippen molar-refractivity contribution in [1.82, 2.24) is 14.8 Å². The molecule has 0 bridgehead atoms. The number of oxazole rings is 1. The molecule has 27 heavy (non-hydrogen) atoms. The molecule has 2 saturated heterocycles. The molecule has 1 aliphatic carbocycles. The number of hydrogen-bond acceptors (Lipinski definition) is 5. The summed E-state index contributed by atoms with van der Waals surface area (Å²) in [5, 5.41) is 0. The molecule has 3 aliphatic rings. The van der Waals surface area contributed by atoms with Crippen LogP contribution in [0.15, 0.2) is 28.7 Å². The maximum Gasteiger partial charge on any atom is 0.237 e. The highest BCUT2D eigenvalue weighted by Crippen LogP contribution is 2.47. The van der Waals surface area contributed by atoms with Crippen molar-refractivity contribution in [3.8, 4) is 0 Å². The molecule has 1 spiro atoms. The molecule has 3 fully saturated rings. The molecule has 1 saturated carbocycles. The van der Waals surface area contributed by atoms with E-state index in [2.05, 4.69) is 9.88 Å². The molecule has 0 radical (unpaired) electrons. The van der Waals surface area contributed by atoms with Crippen molar-refractivity contribution in [2.24, 2.45) is 5.41 Å². The second-order valence-corrected chi connectivity index (χ2v) is 8.34. The fourth-order valence-electron chi connectivity index (χ4n) is 5.03. The average molecular weight is 367 g/mol. The van der Waals surface area contributed by atoms with Gasteiger partial charge in [-0.2, -0.15) is 0 Å². The van der Waals surface area contributed by atoms with Crippen molar-refractivity contribution in [3.05, 3.63) is 30.2 Å². The van der Waals surface area contributed by atoms with Gasteiger partial charge in [0.05, 0.1) is 12.1 Å². The Labute approximate surface area is 158 Å². The Hall–Kier alpha value is -2.21. The van der Waals surface area contributed by atoms with Crippen LogP contribution >= 0.6 is 0 Å². The molecular weight excluding hydrogens is 342 g/mol. The number of carbonyl (C=O) groups excluding carboxylic acids is 2. The van der Waals surface area contributed by atoms with Crippen molar-refractivity contribution in [3.63, 3.8) is 0 Å². The third-order valence-electron chi connectivity index (χ3n) is 6.64. The first-order valence-electron chi connectivity index (χ1n) is 10.1. The zero-order valence-electron chi connectivity index (χ0n) is 15.5. The standard InChI is InChI=1S/C21H25N3O3/c25-18-13-21(9-3-4-10-21)20(26)24(18)14-23-11-7-15(8-12-23)19-22-16-5-1-2-6-17(16)27-19/h1-2,5-6,15H,3-4,7-14H2. The Morgan fingerprint density at radius 3 is 2.59 bits per heavy atom. The van der Waals surface area contributed by atoms with E-state index >= 15 is 0 Å². The molecule has 5 rings (SSSR count). The van der Waals surface area contributed by atoms with Gasteiger partial charge in [0, 0.05) is 25.4 Å². The highest BCUT2D eigenvalue weighted by Gasteiger charge is 2.52. The van der Waals surface area contributed by atoms with Crippen molar-refractivity contribution in [1.29, 1.82) is 0 Å². The summed E-state index contributed by atoms with van der Waals surface area (Å²) in [6, 6.07) is 7.85. The van der Waals surface area contributed by atoms with E-state index in [9.17, 15) is 9.59 Å². The molecule has 2 aliphatic heterocycles. The molecule has 6 nitrogen and oxygen atoms in total. The SMILES string of the molecule is O=C1CC2(CCCC2)C(=O)N1CN1CCC(c2nc3ccccc3o2)CC1. The Balaban J connectivity index is 1.22. The number of carbonyl (C=O) groups is 2. The van der Waals surface area contributed by atoms with Crippen molar-refractivity contribution < 1.29 is 14.0 Å². The highest BCUT2D eigenvalue weighted by molar-refractivity contribution is 6.06. The number of likely N-dealkylation sites (tertiary alicyclic amines) is 2. The number of piperidine rings is 1. The summed E-state index contributed by atoms with van der Waals surface area (Å²) >= 11 is 0. The Morgan fingerprint density at radius 2 is 1.85 bits per heavy atom. The largest absolute Gasteiger partial charge is 0.440 e. The van der Waals surface area contributed by atoms with Crippen LogP contribution in [0.25, 0.3) is 11.1 Å². The lowest BCUT2D eigenvalue weighted by molar-refractivity contribution is -0.144. The van der Waals surface area contributed by atoms with Crippen molar-refractivity contribution in [2.45, 2.75) is 50.9 Å². The van der Waals surface area contributed by atoms with Gasteiger partial charge in [-0.05, 0) is 37.8 Å². The fourth-order valence-corrected chi connectivity index (χ4v) is 5.03. The summed E-state index contributed by atoms with van der Waals surface area (Å²) in [5.41, 5.74) is 1.38. The van der Waals surface area contributed by atoms with Gasteiger partial charge in [-0.25, -0.2) is 4.98 Å². The first-order valence-corrected chi connectivity index (χ1v) is 10.1. The summed E-state index contributed by atoms with van der Waals surface area (Å²) in [5.74, 6) is 1.21. The Bertz CT molecular complexity index is 843. The van der Waals surface area contributed by atoms with Gasteiger partial charge in [0.1, 0.15) is 5.52 Å². The van der Waals surface area contributed by atoms with Gasteiger partial charge >= 0.3 is 0 Å². The summed E-state index contributed by atoms with van der Waals surface area (Å²) in [6.07, 6.45) is 6.21. The first-order chi connectivity index (χ1) is 13.1. The maximum atomic E-state index is 12.9. The van der Waals surface area contributed by atoms with Gasteiger partial charge in [0.2, 0.25) is 11.8 Å². The summed E-state index contributed by atoms with van der Waals surface area (Å²) in [4.78, 5) is 33.7. The highest BCUT2D eigenvalue weighted by atomic mass is 16.3. The van der Waals surface area contributed by atoms with E-state index < -0.39 is 0 Å². The number of aromatic nitrogens is 1. The quantitative estimate of drug-likeness (QED) is 0.779. The zero-order valence-corrected chi connectivity index (χ0v) is 15.5. The maximum absolute atomic E-state index is 12.9. The van der Waals surface area contributed by atoms with E-state index in [1.54, 1.807) is 0 Å². The molecule has 0 unspecified atom stereocenters. The second kappa shape index (κ2) is 6.44. The number of imide groups is 1. The number of hydrogen-bond donors (Lipinski definition) is 0. The normalized spacial score (nSPS) is 23.9. The van der Waals surface area contributed by atoms with Crippen LogP contribution in [-0.2, 0) is 9.59 Å². The monoisotopic (exact) mass is 367 g/mol. The van der Waals surface area contributed by atoms with Crippen LogP contribution < -0.4 is 0 Å². The predicted octanol–water partition coefficient (Wildman–Crippen LogP) is 3.28. The molecule has 1 aromatic carbocycles. The van der Waals surface area contributed by atoms with E-state index in [1.807, 2.05) is 24.3 Å². The molecule has 2 aromatic rings. The van der Waals surface area contributed by atoms with Crippen LogP contribution in [0, 0.1) is 5.41 Å². The summed E-state index contributed by atoms with van der Waals surface area (Å²) < 4.78 is 5.93. The van der Waals surface area contributed by atoms with Gasteiger partial charge in [0.15, 0.2) is 11.5 Å². The van der Waals surface area contributed by atoms with E-state index in [4.69, 9.17) is 4.42 Å². The molecule has 6 heteroatoms. The molecule has 2 amide bonds. The number of benzene rings is 1. The lowest BCUT2D eigenvalue weighted by Crippen LogP contribution is -2.45. The minimum Gasteiger partial charge on any atom is -0.440 e. The number of para-hydroxylation sites is 2. The van der Waals surface area contributed by atoms with Gasteiger partial charge in [0.25, 0.3) is 0 Å².